The molecule has 1 aromatic rings. The number of carbonyl (C=O) groups is 1. The van der Waals surface area contributed by atoms with Gasteiger partial charge in [0.2, 0.25) is 0 Å². The first-order valence-corrected chi connectivity index (χ1v) is 6.76. The van der Waals surface area contributed by atoms with Gasteiger partial charge in [0.05, 0.1) is 6.26 Å². The molecule has 0 aliphatic carbocycles. The molecule has 1 aliphatic heterocycles. The Hall–Kier alpha value is -1.29. The Bertz CT molecular complexity index is 365. The molecular formula is C14H22N2O2. The van der Waals surface area contributed by atoms with Gasteiger partial charge in [-0.25, -0.2) is 0 Å². The van der Waals surface area contributed by atoms with Crippen LogP contribution in [0.15, 0.2) is 22.8 Å². The quantitative estimate of drug-likeness (QED) is 0.891. The number of carbonyl (C=O) groups excluding carboxylic acids is 1. The highest BCUT2D eigenvalue weighted by Crippen LogP contribution is 2.21. The second-order valence-corrected chi connectivity index (χ2v) is 5.10. The highest BCUT2D eigenvalue weighted by atomic mass is 16.3. The molecule has 2 atom stereocenters. The Balaban J connectivity index is 1.76. The summed E-state index contributed by atoms with van der Waals surface area (Å²) in [6.07, 6.45) is 5.36. The maximum atomic E-state index is 11.7. The van der Waals surface area contributed by atoms with Crippen molar-refractivity contribution in [3.8, 4) is 0 Å². The summed E-state index contributed by atoms with van der Waals surface area (Å²) in [4.78, 5) is 14.2. The minimum atomic E-state index is -0.127. The third-order valence-electron chi connectivity index (χ3n) is 3.78. The maximum Gasteiger partial charge on any atom is 0.287 e. The standard InChI is InChI=1S/C14H22N2O2/c1-11-5-3-6-12(2)16(11)9-8-15-14(17)13-7-4-10-18-13/h4,7,10-12H,3,5-6,8-9H2,1-2H3,(H,15,17)/t11-,12-/m1/s1. The molecule has 0 radical (unpaired) electrons. The molecule has 1 amide bonds. The van der Waals surface area contributed by atoms with E-state index in [9.17, 15) is 4.79 Å². The minimum absolute atomic E-state index is 0.127. The van der Waals surface area contributed by atoms with Crippen LogP contribution >= 0.6 is 0 Å². The fraction of sp³-hybridized carbons (Fsp3) is 0.643. The van der Waals surface area contributed by atoms with Gasteiger partial charge in [0.1, 0.15) is 0 Å². The van der Waals surface area contributed by atoms with E-state index in [0.29, 0.717) is 24.4 Å². The van der Waals surface area contributed by atoms with Crippen molar-refractivity contribution < 1.29 is 9.21 Å². The summed E-state index contributed by atoms with van der Waals surface area (Å²) in [5.41, 5.74) is 0. The summed E-state index contributed by atoms with van der Waals surface area (Å²) >= 11 is 0. The van der Waals surface area contributed by atoms with Crippen LogP contribution in [-0.2, 0) is 0 Å². The Morgan fingerprint density at radius 1 is 1.44 bits per heavy atom. The third kappa shape index (κ3) is 3.13. The van der Waals surface area contributed by atoms with Crippen molar-refractivity contribution in [2.45, 2.75) is 45.2 Å². The summed E-state index contributed by atoms with van der Waals surface area (Å²) in [6.45, 7) is 6.12. The van der Waals surface area contributed by atoms with Gasteiger partial charge in [0.25, 0.3) is 5.91 Å². The van der Waals surface area contributed by atoms with Gasteiger partial charge in [-0.05, 0) is 38.8 Å². The Kier molecular flexibility index (Phi) is 4.42. The van der Waals surface area contributed by atoms with Gasteiger partial charge in [-0.15, -0.1) is 0 Å². The zero-order chi connectivity index (χ0) is 13.0. The second-order valence-electron chi connectivity index (χ2n) is 5.10. The molecule has 0 aromatic carbocycles. The number of hydrogen-bond donors (Lipinski definition) is 1. The normalized spacial score (nSPS) is 25.0. The van der Waals surface area contributed by atoms with Crippen molar-refractivity contribution in [3.63, 3.8) is 0 Å². The molecule has 0 bridgehead atoms. The van der Waals surface area contributed by atoms with Crippen LogP contribution in [0.3, 0.4) is 0 Å². The largest absolute Gasteiger partial charge is 0.459 e. The molecular weight excluding hydrogens is 228 g/mol. The van der Waals surface area contributed by atoms with Crippen molar-refractivity contribution in [3.05, 3.63) is 24.2 Å². The number of nitrogens with zero attached hydrogens (tertiary/aromatic N) is 1. The van der Waals surface area contributed by atoms with Crippen LogP contribution in [0, 0.1) is 0 Å². The van der Waals surface area contributed by atoms with E-state index in [-0.39, 0.29) is 5.91 Å². The molecule has 1 saturated heterocycles. The lowest BCUT2D eigenvalue weighted by Crippen LogP contribution is -2.47. The SMILES string of the molecule is C[C@@H]1CCC[C@@H](C)N1CCNC(=O)c1ccco1. The summed E-state index contributed by atoms with van der Waals surface area (Å²) in [5, 5.41) is 2.90. The van der Waals surface area contributed by atoms with Crippen LogP contribution in [0.1, 0.15) is 43.7 Å². The fourth-order valence-electron chi connectivity index (χ4n) is 2.71. The topological polar surface area (TPSA) is 45.5 Å². The number of amides is 1. The first kappa shape index (κ1) is 13.1. The smallest absolute Gasteiger partial charge is 0.287 e. The van der Waals surface area contributed by atoms with Crippen molar-refractivity contribution in [2.75, 3.05) is 13.1 Å². The fourth-order valence-corrected chi connectivity index (χ4v) is 2.71. The van der Waals surface area contributed by atoms with Crippen LogP contribution < -0.4 is 5.32 Å². The Labute approximate surface area is 108 Å². The molecule has 4 heteroatoms. The van der Waals surface area contributed by atoms with E-state index in [4.69, 9.17) is 4.42 Å². The van der Waals surface area contributed by atoms with E-state index < -0.39 is 0 Å². The van der Waals surface area contributed by atoms with Crippen molar-refractivity contribution in [1.82, 2.24) is 10.2 Å². The molecule has 4 nitrogen and oxygen atoms in total. The van der Waals surface area contributed by atoms with Gasteiger partial charge in [0, 0.05) is 25.2 Å². The van der Waals surface area contributed by atoms with Gasteiger partial charge < -0.3 is 9.73 Å². The number of likely N-dealkylation sites (tertiary alicyclic amines) is 1. The lowest BCUT2D eigenvalue weighted by Gasteiger charge is -2.38. The van der Waals surface area contributed by atoms with E-state index in [1.54, 1.807) is 12.1 Å². The summed E-state index contributed by atoms with van der Waals surface area (Å²) in [7, 11) is 0. The van der Waals surface area contributed by atoms with Crippen LogP contribution in [0.4, 0.5) is 0 Å². The Morgan fingerprint density at radius 3 is 2.78 bits per heavy atom. The monoisotopic (exact) mass is 250 g/mol. The maximum absolute atomic E-state index is 11.7. The van der Waals surface area contributed by atoms with Gasteiger partial charge in [-0.2, -0.15) is 0 Å². The number of piperidine rings is 1. The van der Waals surface area contributed by atoms with E-state index >= 15 is 0 Å². The third-order valence-corrected chi connectivity index (χ3v) is 3.78. The second kappa shape index (κ2) is 6.05. The molecule has 2 rings (SSSR count). The first-order chi connectivity index (χ1) is 8.68. The average molecular weight is 250 g/mol. The lowest BCUT2D eigenvalue weighted by molar-refractivity contribution is 0.0867. The number of hydrogen-bond acceptors (Lipinski definition) is 3. The number of furan rings is 1. The van der Waals surface area contributed by atoms with Gasteiger partial charge in [-0.3, -0.25) is 9.69 Å². The molecule has 100 valence electrons. The van der Waals surface area contributed by atoms with Crippen molar-refractivity contribution in [2.24, 2.45) is 0 Å². The molecule has 0 unspecified atom stereocenters. The molecule has 1 aromatic heterocycles. The van der Waals surface area contributed by atoms with Gasteiger partial charge >= 0.3 is 0 Å². The molecule has 1 N–H and O–H groups in total. The number of nitrogens with one attached hydrogen (secondary N) is 1. The van der Waals surface area contributed by atoms with Crippen molar-refractivity contribution >= 4 is 5.91 Å². The molecule has 0 spiro atoms. The lowest BCUT2D eigenvalue weighted by atomic mass is 9.98. The van der Waals surface area contributed by atoms with Crippen LogP contribution in [0.2, 0.25) is 0 Å². The van der Waals surface area contributed by atoms with E-state index in [0.717, 1.165) is 6.54 Å². The van der Waals surface area contributed by atoms with Crippen LogP contribution in [0.25, 0.3) is 0 Å². The highest BCUT2D eigenvalue weighted by Gasteiger charge is 2.24. The van der Waals surface area contributed by atoms with E-state index in [1.165, 1.54) is 25.5 Å². The number of rotatable bonds is 4. The predicted molar refractivity (Wildman–Crippen MR) is 70.5 cm³/mol. The first-order valence-electron chi connectivity index (χ1n) is 6.76. The highest BCUT2D eigenvalue weighted by molar-refractivity contribution is 5.91. The van der Waals surface area contributed by atoms with E-state index in [2.05, 4.69) is 24.1 Å². The molecule has 2 heterocycles. The Morgan fingerprint density at radius 2 is 2.17 bits per heavy atom. The average Bonchev–Trinajstić information content (AvgIpc) is 2.86. The zero-order valence-corrected chi connectivity index (χ0v) is 11.2. The molecule has 1 aliphatic rings. The van der Waals surface area contributed by atoms with Gasteiger partial charge in [0.15, 0.2) is 5.76 Å². The molecule has 1 fully saturated rings. The van der Waals surface area contributed by atoms with Crippen molar-refractivity contribution in [1.29, 1.82) is 0 Å². The molecule has 0 saturated carbocycles. The van der Waals surface area contributed by atoms with Crippen LogP contribution in [-0.4, -0.2) is 36.0 Å². The summed E-state index contributed by atoms with van der Waals surface area (Å²) in [6, 6.07) is 4.65. The van der Waals surface area contributed by atoms with E-state index in [1.807, 2.05) is 0 Å². The molecule has 18 heavy (non-hydrogen) atoms. The van der Waals surface area contributed by atoms with Gasteiger partial charge in [-0.1, -0.05) is 6.42 Å². The minimum Gasteiger partial charge on any atom is -0.459 e. The summed E-state index contributed by atoms with van der Waals surface area (Å²) in [5.74, 6) is 0.257. The zero-order valence-electron chi connectivity index (χ0n) is 11.2. The predicted octanol–water partition coefficient (Wildman–Crippen LogP) is 2.27. The summed E-state index contributed by atoms with van der Waals surface area (Å²) < 4.78 is 5.05. The van der Waals surface area contributed by atoms with Crippen LogP contribution in [0.5, 0.6) is 0 Å².